The number of hydrogen-bond donors (Lipinski definition) is 3. The van der Waals surface area contributed by atoms with Crippen LogP contribution >= 0.6 is 0 Å². The molecule has 2 unspecified atom stereocenters. The molecule has 1 aromatic rings. The van der Waals surface area contributed by atoms with Gasteiger partial charge < -0.3 is 19.9 Å². The van der Waals surface area contributed by atoms with Crippen molar-refractivity contribution in [3.05, 3.63) is 36.2 Å². The van der Waals surface area contributed by atoms with E-state index in [0.717, 1.165) is 0 Å². The van der Waals surface area contributed by atoms with Gasteiger partial charge >= 0.3 is 6.09 Å². The van der Waals surface area contributed by atoms with Crippen molar-refractivity contribution in [2.45, 2.75) is 38.6 Å². The average Bonchev–Trinajstić information content (AvgIpc) is 3.12. The summed E-state index contributed by atoms with van der Waals surface area (Å²) in [5, 5.41) is 5.66. The largest absolute Gasteiger partial charge is 0.444 e. The third-order valence-corrected chi connectivity index (χ3v) is 3.57. The van der Waals surface area contributed by atoms with E-state index in [1.54, 1.807) is 44.0 Å². The van der Waals surface area contributed by atoms with E-state index in [2.05, 4.69) is 20.6 Å². The monoisotopic (exact) mass is 331 g/mol. The molecule has 0 radical (unpaired) electrons. The van der Waals surface area contributed by atoms with Crippen LogP contribution in [0.25, 0.3) is 0 Å². The fraction of sp³-hybridized carbons (Fsp3) is 0.438. The maximum absolute atomic E-state index is 12.6. The molecule has 24 heavy (non-hydrogen) atoms. The molecule has 0 aliphatic carbocycles. The third-order valence-electron chi connectivity index (χ3n) is 3.57. The fourth-order valence-electron chi connectivity index (χ4n) is 2.62. The maximum atomic E-state index is 12.6. The predicted octanol–water partition coefficient (Wildman–Crippen LogP) is 1.21. The van der Waals surface area contributed by atoms with E-state index in [1.165, 1.54) is 0 Å². The van der Waals surface area contributed by atoms with Gasteiger partial charge in [-0.2, -0.15) is 0 Å². The number of carbonyl (C=O) groups excluding carboxylic acids is 2. The van der Waals surface area contributed by atoms with Crippen molar-refractivity contribution in [1.29, 1.82) is 0 Å². The highest BCUT2D eigenvalue weighted by Gasteiger charge is 2.37. The zero-order valence-electron chi connectivity index (χ0n) is 13.9. The first-order valence-electron chi connectivity index (χ1n) is 7.79. The molecule has 3 heterocycles. The third kappa shape index (κ3) is 3.42. The van der Waals surface area contributed by atoms with Crippen molar-refractivity contribution in [1.82, 2.24) is 20.5 Å². The van der Waals surface area contributed by atoms with Crippen molar-refractivity contribution in [3.63, 3.8) is 0 Å². The molecule has 8 nitrogen and oxygen atoms in total. The van der Waals surface area contributed by atoms with Gasteiger partial charge in [-0.15, -0.1) is 0 Å². The predicted molar refractivity (Wildman–Crippen MR) is 88.5 cm³/mol. The second kappa shape index (κ2) is 6.03. The summed E-state index contributed by atoms with van der Waals surface area (Å²) in [5.41, 5.74) is -0.0784. The lowest BCUT2D eigenvalue weighted by Crippen LogP contribution is -2.55. The van der Waals surface area contributed by atoms with Crippen molar-refractivity contribution in [3.8, 4) is 0 Å². The topological polar surface area (TPSA) is 98.8 Å². The minimum atomic E-state index is -0.592. The van der Waals surface area contributed by atoms with Crippen LogP contribution in [0.2, 0.25) is 0 Å². The number of fused-ring (bicyclic) bond motifs is 1. The maximum Gasteiger partial charge on any atom is 0.414 e. The first kappa shape index (κ1) is 16.1. The normalized spacial score (nSPS) is 22.5. The van der Waals surface area contributed by atoms with E-state index in [9.17, 15) is 9.59 Å². The van der Waals surface area contributed by atoms with Gasteiger partial charge in [-0.05, 0) is 32.9 Å². The van der Waals surface area contributed by atoms with Crippen LogP contribution < -0.4 is 10.6 Å². The molecule has 0 bridgehead atoms. The fourth-order valence-corrected chi connectivity index (χ4v) is 2.62. The highest BCUT2D eigenvalue weighted by Crippen LogP contribution is 2.19. The smallest absolute Gasteiger partial charge is 0.414 e. The SMILES string of the molecule is CC(C)(C)OC(=O)NC1=NC2C=CCN(C(=O)c3ccc[nH]3)C2N1. The van der Waals surface area contributed by atoms with E-state index in [0.29, 0.717) is 18.2 Å². The van der Waals surface area contributed by atoms with Crippen LogP contribution in [0.4, 0.5) is 4.79 Å². The number of guanidine groups is 1. The molecule has 2 aliphatic rings. The molecule has 1 aromatic heterocycles. The molecule has 3 N–H and O–H groups in total. The number of aliphatic imine (C=N–C) groups is 1. The number of H-pyrrole nitrogens is 1. The Balaban J connectivity index is 1.67. The first-order valence-corrected chi connectivity index (χ1v) is 7.79. The molecular formula is C16H21N5O3. The zero-order valence-corrected chi connectivity index (χ0v) is 13.9. The first-order chi connectivity index (χ1) is 11.3. The van der Waals surface area contributed by atoms with E-state index >= 15 is 0 Å². The number of nitrogens with zero attached hydrogens (tertiary/aromatic N) is 2. The summed E-state index contributed by atoms with van der Waals surface area (Å²) >= 11 is 0. The number of alkyl carbamates (subject to hydrolysis) is 1. The van der Waals surface area contributed by atoms with Gasteiger partial charge in [-0.3, -0.25) is 10.1 Å². The van der Waals surface area contributed by atoms with Gasteiger partial charge in [-0.25, -0.2) is 9.79 Å². The number of aromatic amines is 1. The minimum absolute atomic E-state index is 0.124. The molecule has 0 saturated heterocycles. The Hall–Kier alpha value is -2.77. The Kier molecular flexibility index (Phi) is 4.04. The van der Waals surface area contributed by atoms with E-state index in [-0.39, 0.29) is 18.1 Å². The van der Waals surface area contributed by atoms with Crippen LogP contribution in [0.15, 0.2) is 35.5 Å². The van der Waals surface area contributed by atoms with Gasteiger partial charge in [0.05, 0.1) is 0 Å². The van der Waals surface area contributed by atoms with Gasteiger partial charge in [0.1, 0.15) is 23.5 Å². The Morgan fingerprint density at radius 1 is 1.42 bits per heavy atom. The molecule has 0 spiro atoms. The minimum Gasteiger partial charge on any atom is -0.444 e. The molecule has 3 rings (SSSR count). The van der Waals surface area contributed by atoms with Crippen LogP contribution in [0.3, 0.4) is 0 Å². The van der Waals surface area contributed by atoms with E-state index in [4.69, 9.17) is 4.74 Å². The summed E-state index contributed by atoms with van der Waals surface area (Å²) in [4.78, 5) is 33.4. The summed E-state index contributed by atoms with van der Waals surface area (Å²) in [6.07, 6.45) is 4.59. The Morgan fingerprint density at radius 2 is 2.21 bits per heavy atom. The molecular weight excluding hydrogens is 310 g/mol. The number of ether oxygens (including phenoxy) is 1. The summed E-state index contributed by atoms with van der Waals surface area (Å²) in [7, 11) is 0. The summed E-state index contributed by atoms with van der Waals surface area (Å²) in [6, 6.07) is 3.26. The summed E-state index contributed by atoms with van der Waals surface area (Å²) < 4.78 is 5.21. The number of rotatable bonds is 1. The molecule has 0 aromatic carbocycles. The van der Waals surface area contributed by atoms with Crippen molar-refractivity contribution in [2.24, 2.45) is 4.99 Å². The quantitative estimate of drug-likeness (QED) is 0.674. The van der Waals surface area contributed by atoms with Crippen LogP contribution in [0, 0.1) is 0 Å². The number of hydrogen-bond acceptors (Lipinski definition) is 5. The van der Waals surface area contributed by atoms with Crippen molar-refractivity contribution < 1.29 is 14.3 Å². The lowest BCUT2D eigenvalue weighted by Gasteiger charge is -2.33. The number of nitrogens with one attached hydrogen (secondary N) is 3. The molecule has 0 fully saturated rings. The Bertz CT molecular complexity index is 687. The Morgan fingerprint density at radius 3 is 2.88 bits per heavy atom. The number of amides is 2. The lowest BCUT2D eigenvalue weighted by molar-refractivity contribution is 0.0561. The summed E-state index contributed by atoms with van der Waals surface area (Å²) in [6.45, 7) is 5.84. The summed E-state index contributed by atoms with van der Waals surface area (Å²) in [5.74, 6) is 0.177. The molecule has 2 aliphatic heterocycles. The van der Waals surface area contributed by atoms with Gasteiger partial charge in [0, 0.05) is 12.7 Å². The van der Waals surface area contributed by atoms with Crippen LogP contribution in [0.5, 0.6) is 0 Å². The molecule has 2 amide bonds. The van der Waals surface area contributed by atoms with Crippen LogP contribution in [-0.2, 0) is 4.74 Å². The van der Waals surface area contributed by atoms with Gasteiger partial charge in [0.2, 0.25) is 5.96 Å². The highest BCUT2D eigenvalue weighted by molar-refractivity contribution is 5.97. The van der Waals surface area contributed by atoms with Crippen LogP contribution in [0.1, 0.15) is 31.3 Å². The van der Waals surface area contributed by atoms with E-state index in [1.807, 2.05) is 12.2 Å². The molecule has 0 saturated carbocycles. The highest BCUT2D eigenvalue weighted by atomic mass is 16.6. The second-order valence-electron chi connectivity index (χ2n) is 6.65. The zero-order chi connectivity index (χ0) is 17.3. The van der Waals surface area contributed by atoms with Gasteiger partial charge in [0.25, 0.3) is 5.91 Å². The van der Waals surface area contributed by atoms with Gasteiger partial charge in [0.15, 0.2) is 0 Å². The molecule has 2 atom stereocenters. The Labute approximate surface area is 140 Å². The lowest BCUT2D eigenvalue weighted by atomic mass is 10.1. The molecule has 8 heteroatoms. The number of carbonyl (C=O) groups is 2. The van der Waals surface area contributed by atoms with Crippen LogP contribution in [-0.4, -0.2) is 52.2 Å². The van der Waals surface area contributed by atoms with Crippen molar-refractivity contribution >= 4 is 18.0 Å². The van der Waals surface area contributed by atoms with Gasteiger partial charge in [-0.1, -0.05) is 12.2 Å². The average molecular weight is 331 g/mol. The second-order valence-corrected chi connectivity index (χ2v) is 6.65. The number of aromatic nitrogens is 1. The van der Waals surface area contributed by atoms with Crippen molar-refractivity contribution in [2.75, 3.05) is 6.54 Å². The molecule has 128 valence electrons. The standard InChI is InChI=1S/C16H21N5O3/c1-16(2,3)24-15(23)20-14-18-10-7-5-9-21(12(10)19-14)13(22)11-6-4-8-17-11/h4-8,10,12,17H,9H2,1-3H3,(H2,18,19,20,23). The van der Waals surface area contributed by atoms with E-state index < -0.39 is 11.7 Å².